The van der Waals surface area contributed by atoms with Gasteiger partial charge in [0.15, 0.2) is 0 Å². The maximum absolute atomic E-state index is 10.8. The molecule has 2 rings (SSSR count). The van der Waals surface area contributed by atoms with Crippen LogP contribution in [0.1, 0.15) is 18.1 Å². The van der Waals surface area contributed by atoms with E-state index in [2.05, 4.69) is 12.6 Å². The second kappa shape index (κ2) is 3.73. The molecule has 15 heavy (non-hydrogen) atoms. The Bertz CT molecular complexity index is 455. The summed E-state index contributed by atoms with van der Waals surface area (Å²) in [6.45, 7) is 5.15. The highest BCUT2D eigenvalue weighted by atomic mass is 16.5. The molecule has 0 radical (unpaired) electrons. The molecule has 1 aromatic rings. The van der Waals surface area contributed by atoms with Crippen molar-refractivity contribution >= 4 is 11.5 Å². The number of hydrogen-bond donors (Lipinski definition) is 0. The molecule has 0 fully saturated rings. The molecule has 0 spiro atoms. The van der Waals surface area contributed by atoms with Crippen molar-refractivity contribution in [3.8, 4) is 0 Å². The third-order valence-corrected chi connectivity index (χ3v) is 2.40. The first-order valence-corrected chi connectivity index (χ1v) is 4.84. The Morgan fingerprint density at radius 1 is 1.40 bits per heavy atom. The number of ether oxygens (including phenoxy) is 1. The Labute approximate surface area is 88.9 Å². The summed E-state index contributed by atoms with van der Waals surface area (Å²) < 4.78 is 4.99. The van der Waals surface area contributed by atoms with Crippen LogP contribution < -0.4 is 0 Å². The second-order valence-electron chi connectivity index (χ2n) is 3.50. The molecule has 0 atom stereocenters. The predicted octanol–water partition coefficient (Wildman–Crippen LogP) is 2.70. The largest absolute Gasteiger partial charge is 0.427 e. The van der Waals surface area contributed by atoms with Gasteiger partial charge in [0.2, 0.25) is 0 Å². The van der Waals surface area contributed by atoms with Crippen molar-refractivity contribution in [3.05, 3.63) is 53.8 Å². The van der Waals surface area contributed by atoms with Crippen LogP contribution in [0.4, 0.5) is 0 Å². The van der Waals surface area contributed by atoms with Crippen molar-refractivity contribution in [1.82, 2.24) is 0 Å². The Morgan fingerprint density at radius 3 is 2.87 bits per heavy atom. The number of fused-ring (bicyclic) bond motifs is 1. The molecule has 0 aromatic heterocycles. The quantitative estimate of drug-likeness (QED) is 0.542. The van der Waals surface area contributed by atoms with Crippen molar-refractivity contribution in [2.45, 2.75) is 13.3 Å². The van der Waals surface area contributed by atoms with Gasteiger partial charge in [-0.15, -0.1) is 0 Å². The highest BCUT2D eigenvalue weighted by molar-refractivity contribution is 5.84. The van der Waals surface area contributed by atoms with Gasteiger partial charge < -0.3 is 4.74 Å². The molecule has 0 unspecified atom stereocenters. The van der Waals surface area contributed by atoms with Crippen LogP contribution in [-0.4, -0.2) is 5.97 Å². The van der Waals surface area contributed by atoms with E-state index in [1.807, 2.05) is 24.3 Å². The Kier molecular flexibility index (Phi) is 2.42. The lowest BCUT2D eigenvalue weighted by Crippen LogP contribution is -1.99. The second-order valence-corrected chi connectivity index (χ2v) is 3.50. The van der Waals surface area contributed by atoms with E-state index >= 15 is 0 Å². The van der Waals surface area contributed by atoms with Gasteiger partial charge in [0.1, 0.15) is 5.76 Å². The molecular formula is C13H12O2. The van der Waals surface area contributed by atoms with Gasteiger partial charge in [-0.25, -0.2) is 0 Å². The molecule has 2 heteroatoms. The van der Waals surface area contributed by atoms with Crippen LogP contribution in [0.5, 0.6) is 0 Å². The minimum absolute atomic E-state index is 0.328. The minimum Gasteiger partial charge on any atom is -0.427 e. The first-order chi connectivity index (χ1) is 7.18. The number of rotatable bonds is 2. The number of allylic oxidation sites excluding steroid dienone is 2. The summed E-state index contributed by atoms with van der Waals surface area (Å²) in [5, 5.41) is 0. The van der Waals surface area contributed by atoms with Gasteiger partial charge in [-0.1, -0.05) is 36.9 Å². The van der Waals surface area contributed by atoms with E-state index < -0.39 is 0 Å². The third-order valence-electron chi connectivity index (χ3n) is 2.40. The van der Waals surface area contributed by atoms with E-state index in [4.69, 9.17) is 4.74 Å². The molecule has 0 saturated carbocycles. The Balaban J connectivity index is 2.27. The molecule has 0 aliphatic heterocycles. The fourth-order valence-electron chi connectivity index (χ4n) is 1.78. The Hall–Kier alpha value is -1.83. The van der Waals surface area contributed by atoms with E-state index in [0.29, 0.717) is 5.76 Å². The maximum Gasteiger partial charge on any atom is 0.308 e. The lowest BCUT2D eigenvalue weighted by Gasteiger charge is -2.08. The van der Waals surface area contributed by atoms with Gasteiger partial charge in [-0.2, -0.15) is 0 Å². The normalized spacial score (nSPS) is 13.0. The van der Waals surface area contributed by atoms with Gasteiger partial charge in [-0.3, -0.25) is 4.79 Å². The Morgan fingerprint density at radius 2 is 2.13 bits per heavy atom. The van der Waals surface area contributed by atoms with Crippen LogP contribution in [0.2, 0.25) is 0 Å². The summed E-state index contributed by atoms with van der Waals surface area (Å²) in [5.41, 5.74) is 3.30. The summed E-state index contributed by atoms with van der Waals surface area (Å²) in [5.74, 6) is 0.109. The first kappa shape index (κ1) is 9.71. The molecular weight excluding hydrogens is 188 g/mol. The number of carbonyl (C=O) groups is 1. The van der Waals surface area contributed by atoms with E-state index in [-0.39, 0.29) is 5.97 Å². The van der Waals surface area contributed by atoms with Gasteiger partial charge in [-0.05, 0) is 17.5 Å². The highest BCUT2D eigenvalue weighted by Gasteiger charge is 2.17. The smallest absolute Gasteiger partial charge is 0.308 e. The zero-order chi connectivity index (χ0) is 10.8. The van der Waals surface area contributed by atoms with Gasteiger partial charge in [0.25, 0.3) is 0 Å². The number of benzene rings is 1. The summed E-state index contributed by atoms with van der Waals surface area (Å²) in [6.07, 6.45) is 2.92. The number of esters is 1. The molecule has 0 heterocycles. The lowest BCUT2D eigenvalue weighted by atomic mass is 10.1. The molecule has 1 aromatic carbocycles. The van der Waals surface area contributed by atoms with Crippen molar-refractivity contribution in [3.63, 3.8) is 0 Å². The zero-order valence-electron chi connectivity index (χ0n) is 8.62. The van der Waals surface area contributed by atoms with Crippen LogP contribution >= 0.6 is 0 Å². The standard InChI is InChI=1S/C13H12O2/c1-9(15-10(2)14)12-8-7-11-5-3-4-6-13(11)12/h3-6,8H,1,7H2,2H3. The van der Waals surface area contributed by atoms with Gasteiger partial charge in [0.05, 0.1) is 0 Å². The number of carbonyl (C=O) groups excluding carboxylic acids is 1. The molecule has 0 amide bonds. The van der Waals surface area contributed by atoms with Crippen LogP contribution in [0.25, 0.3) is 5.57 Å². The maximum atomic E-state index is 10.8. The average Bonchev–Trinajstić information content (AvgIpc) is 2.59. The minimum atomic E-state index is -0.328. The van der Waals surface area contributed by atoms with Crippen LogP contribution in [0, 0.1) is 0 Å². The third kappa shape index (κ3) is 1.84. The average molecular weight is 200 g/mol. The SMILES string of the molecule is C=C(OC(C)=O)C1=CCc2ccccc21. The fraction of sp³-hybridized carbons (Fsp3) is 0.154. The van der Waals surface area contributed by atoms with Crippen LogP contribution in [0.15, 0.2) is 42.7 Å². The summed E-state index contributed by atoms with van der Waals surface area (Å²) >= 11 is 0. The van der Waals surface area contributed by atoms with Crippen LogP contribution in [0.3, 0.4) is 0 Å². The van der Waals surface area contributed by atoms with Crippen molar-refractivity contribution in [2.24, 2.45) is 0 Å². The van der Waals surface area contributed by atoms with Gasteiger partial charge in [0, 0.05) is 12.5 Å². The summed E-state index contributed by atoms with van der Waals surface area (Å²) in [7, 11) is 0. The van der Waals surface area contributed by atoms with Crippen LogP contribution in [-0.2, 0) is 16.0 Å². The lowest BCUT2D eigenvalue weighted by molar-refractivity contribution is -0.136. The van der Waals surface area contributed by atoms with E-state index in [1.165, 1.54) is 12.5 Å². The van der Waals surface area contributed by atoms with E-state index in [1.54, 1.807) is 0 Å². The molecule has 1 aliphatic rings. The number of hydrogen-bond acceptors (Lipinski definition) is 2. The van der Waals surface area contributed by atoms with Gasteiger partial charge >= 0.3 is 5.97 Å². The fourth-order valence-corrected chi connectivity index (χ4v) is 1.78. The molecule has 0 bridgehead atoms. The summed E-state index contributed by atoms with van der Waals surface area (Å²) in [4.78, 5) is 10.8. The molecule has 2 nitrogen and oxygen atoms in total. The predicted molar refractivity (Wildman–Crippen MR) is 59.0 cm³/mol. The monoisotopic (exact) mass is 200 g/mol. The topological polar surface area (TPSA) is 26.3 Å². The van der Waals surface area contributed by atoms with Crippen molar-refractivity contribution in [1.29, 1.82) is 0 Å². The van der Waals surface area contributed by atoms with E-state index in [9.17, 15) is 4.79 Å². The highest BCUT2D eigenvalue weighted by Crippen LogP contribution is 2.32. The van der Waals surface area contributed by atoms with E-state index in [0.717, 1.165) is 17.6 Å². The van der Waals surface area contributed by atoms with Crippen molar-refractivity contribution < 1.29 is 9.53 Å². The molecule has 0 N–H and O–H groups in total. The molecule has 76 valence electrons. The summed E-state index contributed by atoms with van der Waals surface area (Å²) in [6, 6.07) is 8.06. The zero-order valence-corrected chi connectivity index (χ0v) is 8.62. The first-order valence-electron chi connectivity index (χ1n) is 4.84. The molecule has 0 saturated heterocycles. The van der Waals surface area contributed by atoms with Crippen molar-refractivity contribution in [2.75, 3.05) is 0 Å². The molecule has 1 aliphatic carbocycles.